The third-order valence-electron chi connectivity index (χ3n) is 2.84. The number of aryl methyl sites for hydroxylation is 2. The molecule has 0 spiro atoms. The first-order valence-corrected chi connectivity index (χ1v) is 5.80. The van der Waals surface area contributed by atoms with Crippen LogP contribution in [-0.2, 0) is 6.54 Å². The topological polar surface area (TPSA) is 27.1 Å². The minimum absolute atomic E-state index is 0.719. The van der Waals surface area contributed by atoms with Gasteiger partial charge >= 0.3 is 0 Å². The molecule has 0 radical (unpaired) electrons. The Kier molecular flexibility index (Phi) is 3.38. The molecule has 0 atom stereocenters. The van der Waals surface area contributed by atoms with Crippen molar-refractivity contribution >= 4 is 11.6 Å². The van der Waals surface area contributed by atoms with Crippen molar-refractivity contribution in [1.29, 1.82) is 0 Å². The fourth-order valence-electron chi connectivity index (χ4n) is 1.77. The lowest BCUT2D eigenvalue weighted by molar-refractivity contribution is 0.414. The van der Waals surface area contributed by atoms with Gasteiger partial charge in [-0.1, -0.05) is 17.7 Å². The Morgan fingerprint density at radius 2 is 2.12 bits per heavy atom. The summed E-state index contributed by atoms with van der Waals surface area (Å²) in [6, 6.07) is 5.74. The van der Waals surface area contributed by atoms with E-state index in [1.165, 1.54) is 0 Å². The second-order valence-corrected chi connectivity index (χ2v) is 4.40. The number of halogens is 1. The molecule has 0 saturated carbocycles. The third kappa shape index (κ3) is 2.44. The Hall–Kier alpha value is -1.48. The van der Waals surface area contributed by atoms with Gasteiger partial charge in [0.25, 0.3) is 0 Å². The minimum Gasteiger partial charge on any atom is -0.497 e. The summed E-state index contributed by atoms with van der Waals surface area (Å²) in [6.07, 6.45) is 1.87. The predicted molar refractivity (Wildman–Crippen MR) is 68.8 cm³/mol. The molecule has 0 fully saturated rings. The molecule has 2 aromatic rings. The first-order chi connectivity index (χ1) is 8.11. The highest BCUT2D eigenvalue weighted by Gasteiger charge is 2.07. The average molecular weight is 251 g/mol. The molecular weight excluding hydrogens is 236 g/mol. The summed E-state index contributed by atoms with van der Waals surface area (Å²) in [4.78, 5) is 4.27. The lowest BCUT2D eigenvalue weighted by Gasteiger charge is -2.10. The number of ether oxygens (including phenoxy) is 1. The Morgan fingerprint density at radius 1 is 1.35 bits per heavy atom. The van der Waals surface area contributed by atoms with E-state index in [9.17, 15) is 0 Å². The number of nitrogens with zero attached hydrogens (tertiary/aromatic N) is 2. The highest BCUT2D eigenvalue weighted by atomic mass is 35.5. The fraction of sp³-hybridized carbons (Fsp3) is 0.308. The van der Waals surface area contributed by atoms with Crippen LogP contribution >= 0.6 is 11.6 Å². The SMILES string of the molecule is COc1ccc(Cn2c(C)cnc2C)c(Cl)c1. The van der Waals surface area contributed by atoms with Crippen molar-refractivity contribution in [3.05, 3.63) is 46.5 Å². The highest BCUT2D eigenvalue weighted by Crippen LogP contribution is 2.23. The van der Waals surface area contributed by atoms with Crippen LogP contribution < -0.4 is 4.74 Å². The van der Waals surface area contributed by atoms with Gasteiger partial charge in [-0.2, -0.15) is 0 Å². The number of benzene rings is 1. The molecule has 2 rings (SSSR count). The third-order valence-corrected chi connectivity index (χ3v) is 3.20. The van der Waals surface area contributed by atoms with Gasteiger partial charge in [-0.05, 0) is 31.5 Å². The Morgan fingerprint density at radius 3 is 2.65 bits per heavy atom. The first kappa shape index (κ1) is 12.0. The van der Waals surface area contributed by atoms with E-state index in [4.69, 9.17) is 16.3 Å². The van der Waals surface area contributed by atoms with Gasteiger partial charge in [0, 0.05) is 16.9 Å². The Bertz CT molecular complexity index is 515. The standard InChI is InChI=1S/C13H15ClN2O/c1-9-7-15-10(2)16(9)8-11-4-5-12(17-3)6-13(11)14/h4-7H,8H2,1-3H3. The highest BCUT2D eigenvalue weighted by molar-refractivity contribution is 6.31. The van der Waals surface area contributed by atoms with Crippen LogP contribution in [0.2, 0.25) is 5.02 Å². The van der Waals surface area contributed by atoms with Gasteiger partial charge in [-0.3, -0.25) is 0 Å². The van der Waals surface area contributed by atoms with Crippen LogP contribution in [0.3, 0.4) is 0 Å². The van der Waals surface area contributed by atoms with Crippen molar-refractivity contribution in [2.45, 2.75) is 20.4 Å². The zero-order valence-corrected chi connectivity index (χ0v) is 11.0. The lowest BCUT2D eigenvalue weighted by atomic mass is 10.2. The maximum atomic E-state index is 6.22. The van der Waals surface area contributed by atoms with E-state index < -0.39 is 0 Å². The van der Waals surface area contributed by atoms with Crippen LogP contribution in [0.1, 0.15) is 17.1 Å². The van der Waals surface area contributed by atoms with E-state index in [-0.39, 0.29) is 0 Å². The number of hydrogen-bond donors (Lipinski definition) is 0. The zero-order chi connectivity index (χ0) is 12.4. The minimum atomic E-state index is 0.719. The molecule has 1 aromatic carbocycles. The van der Waals surface area contributed by atoms with Gasteiger partial charge < -0.3 is 9.30 Å². The summed E-state index contributed by atoms with van der Waals surface area (Å²) < 4.78 is 7.26. The van der Waals surface area contributed by atoms with E-state index in [2.05, 4.69) is 9.55 Å². The predicted octanol–water partition coefficient (Wildman–Crippen LogP) is 3.21. The summed E-state index contributed by atoms with van der Waals surface area (Å²) in [5.74, 6) is 1.77. The van der Waals surface area contributed by atoms with E-state index in [1.807, 2.05) is 38.2 Å². The summed E-state index contributed by atoms with van der Waals surface area (Å²) in [5.41, 5.74) is 2.20. The molecule has 0 aliphatic rings. The van der Waals surface area contributed by atoms with E-state index in [1.54, 1.807) is 7.11 Å². The van der Waals surface area contributed by atoms with Crippen molar-refractivity contribution in [3.63, 3.8) is 0 Å². The van der Waals surface area contributed by atoms with Gasteiger partial charge in [0.2, 0.25) is 0 Å². The molecule has 0 saturated heterocycles. The molecule has 1 heterocycles. The number of rotatable bonds is 3. The summed E-state index contributed by atoms with van der Waals surface area (Å²) >= 11 is 6.22. The van der Waals surface area contributed by atoms with Gasteiger partial charge in [0.05, 0.1) is 13.7 Å². The molecule has 90 valence electrons. The molecule has 4 heteroatoms. The monoisotopic (exact) mass is 250 g/mol. The normalized spacial score (nSPS) is 10.6. The van der Waals surface area contributed by atoms with Crippen molar-refractivity contribution in [2.24, 2.45) is 0 Å². The number of imidazole rings is 1. The summed E-state index contributed by atoms with van der Waals surface area (Å²) in [7, 11) is 1.63. The second-order valence-electron chi connectivity index (χ2n) is 3.99. The Labute approximate surface area is 106 Å². The van der Waals surface area contributed by atoms with Gasteiger partial charge in [-0.15, -0.1) is 0 Å². The van der Waals surface area contributed by atoms with Crippen LogP contribution in [0, 0.1) is 13.8 Å². The molecule has 1 aromatic heterocycles. The quantitative estimate of drug-likeness (QED) is 0.837. The van der Waals surface area contributed by atoms with Crippen LogP contribution in [0.4, 0.5) is 0 Å². The summed E-state index contributed by atoms with van der Waals surface area (Å²) in [6.45, 7) is 4.77. The maximum absolute atomic E-state index is 6.22. The van der Waals surface area contributed by atoms with Crippen molar-refractivity contribution < 1.29 is 4.74 Å². The number of hydrogen-bond acceptors (Lipinski definition) is 2. The molecule has 0 amide bonds. The molecule has 0 bridgehead atoms. The molecule has 0 unspecified atom stereocenters. The van der Waals surface area contributed by atoms with Crippen molar-refractivity contribution in [3.8, 4) is 5.75 Å². The number of aromatic nitrogens is 2. The Balaban J connectivity index is 2.30. The second kappa shape index (κ2) is 4.80. The van der Waals surface area contributed by atoms with Crippen LogP contribution in [0.25, 0.3) is 0 Å². The van der Waals surface area contributed by atoms with Crippen LogP contribution in [0.5, 0.6) is 5.75 Å². The molecular formula is C13H15ClN2O. The van der Waals surface area contributed by atoms with Gasteiger partial charge in [-0.25, -0.2) is 4.98 Å². The molecule has 17 heavy (non-hydrogen) atoms. The fourth-order valence-corrected chi connectivity index (χ4v) is 2.00. The van der Waals surface area contributed by atoms with Gasteiger partial charge in [0.1, 0.15) is 11.6 Å². The van der Waals surface area contributed by atoms with E-state index in [0.717, 1.165) is 34.4 Å². The van der Waals surface area contributed by atoms with Crippen LogP contribution in [-0.4, -0.2) is 16.7 Å². The van der Waals surface area contributed by atoms with Crippen molar-refractivity contribution in [2.75, 3.05) is 7.11 Å². The van der Waals surface area contributed by atoms with Gasteiger partial charge in [0.15, 0.2) is 0 Å². The number of methoxy groups -OCH3 is 1. The largest absolute Gasteiger partial charge is 0.497 e. The summed E-state index contributed by atoms with van der Waals surface area (Å²) in [5, 5.41) is 0.719. The van der Waals surface area contributed by atoms with E-state index in [0.29, 0.717) is 0 Å². The maximum Gasteiger partial charge on any atom is 0.120 e. The van der Waals surface area contributed by atoms with Crippen LogP contribution in [0.15, 0.2) is 24.4 Å². The average Bonchev–Trinajstić information content (AvgIpc) is 2.63. The first-order valence-electron chi connectivity index (χ1n) is 5.43. The zero-order valence-electron chi connectivity index (χ0n) is 10.2. The van der Waals surface area contributed by atoms with E-state index >= 15 is 0 Å². The molecule has 0 N–H and O–H groups in total. The lowest BCUT2D eigenvalue weighted by Crippen LogP contribution is -2.04. The molecule has 0 aliphatic carbocycles. The smallest absolute Gasteiger partial charge is 0.120 e. The molecule has 0 aliphatic heterocycles. The van der Waals surface area contributed by atoms with Crippen molar-refractivity contribution in [1.82, 2.24) is 9.55 Å². The molecule has 3 nitrogen and oxygen atoms in total.